The average Bonchev–Trinajstić information content (AvgIpc) is 2.86. The van der Waals surface area contributed by atoms with Crippen LogP contribution < -0.4 is 9.47 Å². The lowest BCUT2D eigenvalue weighted by Crippen LogP contribution is -2.08. The summed E-state index contributed by atoms with van der Waals surface area (Å²) in [5.74, 6) is -0.322. The molecule has 0 aliphatic rings. The highest BCUT2D eigenvalue weighted by Gasteiger charge is 2.32. The molecular formula is C13H11F3N2O3. The highest BCUT2D eigenvalue weighted by atomic mass is 19.4. The first kappa shape index (κ1) is 14.9. The summed E-state index contributed by atoms with van der Waals surface area (Å²) in [6.07, 6.45) is -3.03. The molecule has 0 radical (unpaired) electrons. The molecule has 0 atom stereocenters. The van der Waals surface area contributed by atoms with Crippen molar-refractivity contribution in [2.24, 2.45) is 0 Å². The lowest BCUT2D eigenvalue weighted by atomic mass is 10.2. The molecule has 1 aromatic carbocycles. The van der Waals surface area contributed by atoms with Crippen molar-refractivity contribution in [3.8, 4) is 17.2 Å². The summed E-state index contributed by atoms with van der Waals surface area (Å²) in [6, 6.07) is 4.51. The standard InChI is InChI=1S/C13H11F3N2O3/c1-8(19)21-11-5-3-4-10(20-2)12(11)18-7-9(6-17-18)13(14,15)16/h3-7H,1-2H3. The second-order valence-electron chi connectivity index (χ2n) is 4.07. The van der Waals surface area contributed by atoms with Crippen LogP contribution in [-0.2, 0) is 11.0 Å². The van der Waals surface area contributed by atoms with Crippen LogP contribution >= 0.6 is 0 Å². The SMILES string of the molecule is COc1cccc(OC(C)=O)c1-n1cc(C(F)(F)F)cn1. The number of methoxy groups -OCH3 is 1. The van der Waals surface area contributed by atoms with Crippen LogP contribution in [0.3, 0.4) is 0 Å². The average molecular weight is 300 g/mol. The molecule has 2 aromatic rings. The number of esters is 1. The lowest BCUT2D eigenvalue weighted by molar-refractivity contribution is -0.137. The molecule has 0 saturated heterocycles. The lowest BCUT2D eigenvalue weighted by Gasteiger charge is -2.13. The van der Waals surface area contributed by atoms with Gasteiger partial charge in [-0.25, -0.2) is 4.68 Å². The van der Waals surface area contributed by atoms with Crippen molar-refractivity contribution in [2.45, 2.75) is 13.1 Å². The number of rotatable bonds is 3. The first-order valence-electron chi connectivity index (χ1n) is 5.80. The molecule has 1 heterocycles. The second-order valence-corrected chi connectivity index (χ2v) is 4.07. The summed E-state index contributed by atoms with van der Waals surface area (Å²) < 4.78 is 48.9. The Morgan fingerprint density at radius 3 is 2.48 bits per heavy atom. The smallest absolute Gasteiger partial charge is 0.419 e. The number of ether oxygens (including phenoxy) is 2. The van der Waals surface area contributed by atoms with E-state index in [1.54, 1.807) is 6.07 Å². The van der Waals surface area contributed by atoms with Crippen molar-refractivity contribution in [3.05, 3.63) is 36.2 Å². The normalized spacial score (nSPS) is 11.3. The van der Waals surface area contributed by atoms with Gasteiger partial charge in [-0.2, -0.15) is 18.3 Å². The van der Waals surface area contributed by atoms with Crippen LogP contribution in [0, 0.1) is 0 Å². The molecular weight excluding hydrogens is 289 g/mol. The Kier molecular flexibility index (Phi) is 3.88. The Morgan fingerprint density at radius 2 is 1.95 bits per heavy atom. The van der Waals surface area contributed by atoms with Crippen molar-refractivity contribution in [2.75, 3.05) is 7.11 Å². The fraction of sp³-hybridized carbons (Fsp3) is 0.231. The highest BCUT2D eigenvalue weighted by Crippen LogP contribution is 2.34. The summed E-state index contributed by atoms with van der Waals surface area (Å²) in [5, 5.41) is 3.65. The van der Waals surface area contributed by atoms with Crippen LogP contribution in [0.4, 0.5) is 13.2 Å². The highest BCUT2D eigenvalue weighted by molar-refractivity contribution is 5.72. The number of carbonyl (C=O) groups is 1. The third-order valence-corrected chi connectivity index (χ3v) is 2.57. The van der Waals surface area contributed by atoms with Crippen LogP contribution in [0.1, 0.15) is 12.5 Å². The van der Waals surface area contributed by atoms with E-state index in [0.29, 0.717) is 6.20 Å². The fourth-order valence-electron chi connectivity index (χ4n) is 1.72. The Labute approximate surface area is 117 Å². The minimum atomic E-state index is -4.51. The molecule has 2 rings (SSSR count). The van der Waals surface area contributed by atoms with Crippen molar-refractivity contribution in [1.29, 1.82) is 0 Å². The molecule has 0 bridgehead atoms. The summed E-state index contributed by atoms with van der Waals surface area (Å²) in [7, 11) is 1.35. The van der Waals surface area contributed by atoms with E-state index >= 15 is 0 Å². The molecule has 0 aliphatic carbocycles. The molecule has 21 heavy (non-hydrogen) atoms. The van der Waals surface area contributed by atoms with E-state index in [9.17, 15) is 18.0 Å². The predicted octanol–water partition coefficient (Wildman–Crippen LogP) is 2.83. The number of hydrogen-bond acceptors (Lipinski definition) is 4. The van der Waals surface area contributed by atoms with Gasteiger partial charge in [0.25, 0.3) is 0 Å². The van der Waals surface area contributed by atoms with Crippen LogP contribution in [0.15, 0.2) is 30.6 Å². The number of alkyl halides is 3. The maximum Gasteiger partial charge on any atom is 0.419 e. The number of benzene rings is 1. The zero-order valence-corrected chi connectivity index (χ0v) is 11.1. The maximum atomic E-state index is 12.6. The van der Waals surface area contributed by atoms with Gasteiger partial charge in [0.1, 0.15) is 11.4 Å². The van der Waals surface area contributed by atoms with Crippen molar-refractivity contribution >= 4 is 5.97 Å². The van der Waals surface area contributed by atoms with Crippen LogP contribution in [-0.4, -0.2) is 22.9 Å². The largest absolute Gasteiger partial charge is 0.494 e. The number of aromatic nitrogens is 2. The Bertz CT molecular complexity index is 665. The zero-order chi connectivity index (χ0) is 15.6. The van der Waals surface area contributed by atoms with Crippen LogP contribution in [0.25, 0.3) is 5.69 Å². The molecule has 5 nitrogen and oxygen atoms in total. The summed E-state index contributed by atoms with van der Waals surface area (Å²) >= 11 is 0. The van der Waals surface area contributed by atoms with E-state index in [1.165, 1.54) is 26.2 Å². The Balaban J connectivity index is 2.55. The van der Waals surface area contributed by atoms with Gasteiger partial charge in [0.2, 0.25) is 0 Å². The first-order valence-corrected chi connectivity index (χ1v) is 5.80. The molecule has 8 heteroatoms. The van der Waals surface area contributed by atoms with E-state index in [2.05, 4.69) is 5.10 Å². The molecule has 0 unspecified atom stereocenters. The third-order valence-electron chi connectivity index (χ3n) is 2.57. The number of nitrogens with zero attached hydrogens (tertiary/aromatic N) is 2. The third kappa shape index (κ3) is 3.15. The summed E-state index contributed by atoms with van der Waals surface area (Å²) in [6.45, 7) is 1.19. The van der Waals surface area contributed by atoms with Crippen molar-refractivity contribution < 1.29 is 27.4 Å². The molecule has 1 aromatic heterocycles. The van der Waals surface area contributed by atoms with Gasteiger partial charge in [-0.15, -0.1) is 0 Å². The molecule has 0 spiro atoms. The van der Waals surface area contributed by atoms with Gasteiger partial charge in [0.15, 0.2) is 5.75 Å². The van der Waals surface area contributed by atoms with Gasteiger partial charge in [-0.1, -0.05) is 6.07 Å². The number of carbonyl (C=O) groups excluding carboxylic acids is 1. The molecule has 0 saturated carbocycles. The quantitative estimate of drug-likeness (QED) is 0.646. The van der Waals surface area contributed by atoms with E-state index in [0.717, 1.165) is 10.9 Å². The number of para-hydroxylation sites is 1. The fourth-order valence-corrected chi connectivity index (χ4v) is 1.72. The van der Waals surface area contributed by atoms with E-state index in [4.69, 9.17) is 9.47 Å². The van der Waals surface area contributed by atoms with E-state index < -0.39 is 17.7 Å². The maximum absolute atomic E-state index is 12.6. The van der Waals surface area contributed by atoms with Crippen molar-refractivity contribution in [1.82, 2.24) is 9.78 Å². The van der Waals surface area contributed by atoms with E-state index in [1.807, 2.05) is 0 Å². The number of halogens is 3. The Morgan fingerprint density at radius 1 is 1.29 bits per heavy atom. The van der Waals surface area contributed by atoms with E-state index in [-0.39, 0.29) is 17.2 Å². The van der Waals surface area contributed by atoms with Gasteiger partial charge >= 0.3 is 12.1 Å². The molecule has 0 N–H and O–H groups in total. The monoisotopic (exact) mass is 300 g/mol. The van der Waals surface area contributed by atoms with Crippen LogP contribution in [0.2, 0.25) is 0 Å². The van der Waals surface area contributed by atoms with Gasteiger partial charge in [0, 0.05) is 13.1 Å². The minimum absolute atomic E-state index is 0.0543. The van der Waals surface area contributed by atoms with Gasteiger partial charge in [-0.05, 0) is 12.1 Å². The topological polar surface area (TPSA) is 53.4 Å². The molecule has 112 valence electrons. The van der Waals surface area contributed by atoms with Crippen LogP contribution in [0.5, 0.6) is 11.5 Å². The molecule has 0 amide bonds. The van der Waals surface area contributed by atoms with Gasteiger partial charge < -0.3 is 9.47 Å². The summed E-state index contributed by atoms with van der Waals surface area (Å²) in [5.41, 5.74) is -0.798. The van der Waals surface area contributed by atoms with Gasteiger partial charge in [0.05, 0.1) is 18.9 Å². The van der Waals surface area contributed by atoms with Gasteiger partial charge in [-0.3, -0.25) is 4.79 Å². The second kappa shape index (κ2) is 5.47. The zero-order valence-electron chi connectivity index (χ0n) is 11.1. The summed E-state index contributed by atoms with van der Waals surface area (Å²) in [4.78, 5) is 11.1. The molecule has 0 fully saturated rings. The predicted molar refractivity (Wildman–Crippen MR) is 66.4 cm³/mol. The Hall–Kier alpha value is -2.51. The minimum Gasteiger partial charge on any atom is -0.494 e. The number of hydrogen-bond donors (Lipinski definition) is 0. The molecule has 0 aliphatic heterocycles. The van der Waals surface area contributed by atoms with Crippen molar-refractivity contribution in [3.63, 3.8) is 0 Å². The first-order chi connectivity index (χ1) is 9.82.